The number of hydrogen-bond donors (Lipinski definition) is 2. The number of nitrogens with one attached hydrogen (secondary N) is 1. The van der Waals surface area contributed by atoms with Gasteiger partial charge in [0.05, 0.1) is 13.2 Å². The second-order valence-electron chi connectivity index (χ2n) is 6.47. The Bertz CT molecular complexity index is 826. The molecule has 0 aliphatic carbocycles. The third kappa shape index (κ3) is 5.17. The maximum Gasteiger partial charge on any atom is 0.119 e. The first-order valence-corrected chi connectivity index (χ1v) is 10.6. The molecule has 4 heteroatoms. The lowest BCUT2D eigenvalue weighted by Gasteiger charge is -2.25. The summed E-state index contributed by atoms with van der Waals surface area (Å²) in [5.74, 6) is 0.869. The first-order chi connectivity index (χ1) is 13.2. The summed E-state index contributed by atoms with van der Waals surface area (Å²) in [6.45, 7) is 2.03. The smallest absolute Gasteiger partial charge is 0.119 e. The fraction of sp³-hybridized carbons (Fsp3) is 0.217. The third-order valence-corrected chi connectivity index (χ3v) is 6.94. The lowest BCUT2D eigenvalue weighted by Crippen LogP contribution is -2.34. The lowest BCUT2D eigenvalue weighted by molar-refractivity contribution is 0.139. The van der Waals surface area contributed by atoms with Crippen molar-refractivity contribution in [3.8, 4) is 5.75 Å². The van der Waals surface area contributed by atoms with E-state index in [2.05, 4.69) is 41.7 Å². The highest BCUT2D eigenvalue weighted by Gasteiger charge is 2.19. The van der Waals surface area contributed by atoms with Gasteiger partial charge in [-0.05, 0) is 43.2 Å². The molecule has 1 unspecified atom stereocenters. The van der Waals surface area contributed by atoms with Gasteiger partial charge in [0.2, 0.25) is 0 Å². The molecular formula is C23H26NO2P. The van der Waals surface area contributed by atoms with Crippen LogP contribution in [-0.2, 0) is 0 Å². The number of aliphatic hydroxyl groups is 1. The van der Waals surface area contributed by atoms with Gasteiger partial charge in [0.25, 0.3) is 0 Å². The highest BCUT2D eigenvalue weighted by atomic mass is 31.1. The summed E-state index contributed by atoms with van der Waals surface area (Å²) in [4.78, 5) is 0. The Morgan fingerprint density at radius 1 is 0.889 bits per heavy atom. The van der Waals surface area contributed by atoms with Gasteiger partial charge in [0.1, 0.15) is 5.75 Å². The van der Waals surface area contributed by atoms with Crippen molar-refractivity contribution in [1.29, 1.82) is 0 Å². The molecule has 3 nitrogen and oxygen atoms in total. The van der Waals surface area contributed by atoms with Crippen molar-refractivity contribution >= 4 is 18.5 Å². The topological polar surface area (TPSA) is 41.5 Å². The van der Waals surface area contributed by atoms with Crippen LogP contribution >= 0.6 is 7.92 Å². The second-order valence-corrected chi connectivity index (χ2v) is 8.68. The van der Waals surface area contributed by atoms with Gasteiger partial charge >= 0.3 is 0 Å². The second kappa shape index (κ2) is 9.66. The monoisotopic (exact) mass is 379 g/mol. The fourth-order valence-electron chi connectivity index (χ4n) is 3.00. The molecule has 0 spiro atoms. The zero-order valence-corrected chi connectivity index (χ0v) is 16.6. The van der Waals surface area contributed by atoms with Crippen LogP contribution in [0.15, 0.2) is 84.9 Å². The van der Waals surface area contributed by atoms with E-state index in [9.17, 15) is 5.11 Å². The molecule has 0 bridgehead atoms. The van der Waals surface area contributed by atoms with Crippen molar-refractivity contribution < 1.29 is 9.84 Å². The van der Waals surface area contributed by atoms with E-state index in [1.54, 1.807) is 7.11 Å². The van der Waals surface area contributed by atoms with Crippen molar-refractivity contribution in [3.05, 3.63) is 90.5 Å². The van der Waals surface area contributed by atoms with Crippen LogP contribution in [-0.4, -0.2) is 24.5 Å². The zero-order chi connectivity index (χ0) is 19.1. The number of rotatable bonds is 8. The SMILES string of the molecule is COc1cccc(P(CN[C@@H](C)[C@H](O)c2ccccc2)c2ccccc2)c1. The number of ether oxygens (including phenoxy) is 1. The van der Waals surface area contributed by atoms with Crippen LogP contribution in [0.1, 0.15) is 18.6 Å². The van der Waals surface area contributed by atoms with Crippen molar-refractivity contribution in [1.82, 2.24) is 5.32 Å². The predicted octanol–water partition coefficient (Wildman–Crippen LogP) is 3.80. The summed E-state index contributed by atoms with van der Waals surface area (Å²) in [5.41, 5.74) is 0.933. The van der Waals surface area contributed by atoms with Gasteiger partial charge in [0, 0.05) is 12.3 Å². The van der Waals surface area contributed by atoms with E-state index in [0.29, 0.717) is 0 Å². The average Bonchev–Trinajstić information content (AvgIpc) is 2.74. The number of hydrogen-bond acceptors (Lipinski definition) is 3. The number of methoxy groups -OCH3 is 1. The molecule has 0 radical (unpaired) electrons. The zero-order valence-electron chi connectivity index (χ0n) is 15.7. The molecule has 0 saturated heterocycles. The van der Waals surface area contributed by atoms with E-state index in [1.807, 2.05) is 55.5 Å². The summed E-state index contributed by atoms with van der Waals surface area (Å²) < 4.78 is 5.41. The van der Waals surface area contributed by atoms with Gasteiger partial charge in [-0.15, -0.1) is 0 Å². The molecule has 0 amide bonds. The van der Waals surface area contributed by atoms with Crippen LogP contribution in [0.3, 0.4) is 0 Å². The van der Waals surface area contributed by atoms with Crippen LogP contribution in [0.4, 0.5) is 0 Å². The number of benzene rings is 3. The van der Waals surface area contributed by atoms with Crippen LogP contribution in [0, 0.1) is 0 Å². The Hall–Kier alpha value is -2.19. The van der Waals surface area contributed by atoms with E-state index in [-0.39, 0.29) is 6.04 Å². The van der Waals surface area contributed by atoms with Crippen LogP contribution in [0.25, 0.3) is 0 Å². The Balaban J connectivity index is 1.77. The van der Waals surface area contributed by atoms with Crippen LogP contribution < -0.4 is 20.7 Å². The summed E-state index contributed by atoms with van der Waals surface area (Å²) in [5, 5.41) is 16.8. The summed E-state index contributed by atoms with van der Waals surface area (Å²) in [6.07, 6.45) is 0.251. The molecule has 3 aromatic carbocycles. The maximum atomic E-state index is 10.6. The largest absolute Gasteiger partial charge is 0.497 e. The van der Waals surface area contributed by atoms with Crippen LogP contribution in [0.5, 0.6) is 5.75 Å². The van der Waals surface area contributed by atoms with Gasteiger partial charge in [-0.25, -0.2) is 0 Å². The highest BCUT2D eigenvalue weighted by Crippen LogP contribution is 2.33. The van der Waals surface area contributed by atoms with Gasteiger partial charge in [0.15, 0.2) is 0 Å². The molecule has 27 heavy (non-hydrogen) atoms. The van der Waals surface area contributed by atoms with E-state index < -0.39 is 14.0 Å². The lowest BCUT2D eigenvalue weighted by atomic mass is 10.0. The molecule has 0 heterocycles. The molecule has 0 aromatic heterocycles. The Morgan fingerprint density at radius 3 is 2.19 bits per heavy atom. The first-order valence-electron chi connectivity index (χ1n) is 9.12. The minimum Gasteiger partial charge on any atom is -0.497 e. The standard InChI is InChI=1S/C23H26NO2P/c1-18(23(25)19-10-5-3-6-11-19)24-17-27(21-13-7-4-8-14-21)22-15-9-12-20(16-22)26-2/h3-16,18,23-25H,17H2,1-2H3/t18-,23-,27?/m0/s1. The molecule has 140 valence electrons. The van der Waals surface area contributed by atoms with Gasteiger partial charge in [-0.2, -0.15) is 0 Å². The molecule has 0 aliphatic heterocycles. The summed E-state index contributed by atoms with van der Waals surface area (Å²) in [6, 6.07) is 28.6. The Labute approximate surface area is 162 Å². The normalized spacial score (nSPS) is 14.3. The van der Waals surface area contributed by atoms with Gasteiger partial charge in [-0.3, -0.25) is 0 Å². The van der Waals surface area contributed by atoms with E-state index in [1.165, 1.54) is 10.6 Å². The molecule has 3 aromatic rings. The molecule has 3 rings (SSSR count). The summed E-state index contributed by atoms with van der Waals surface area (Å²) in [7, 11) is 1.09. The first kappa shape index (κ1) is 19.6. The average molecular weight is 379 g/mol. The molecule has 0 fully saturated rings. The van der Waals surface area contributed by atoms with Crippen LogP contribution in [0.2, 0.25) is 0 Å². The molecular weight excluding hydrogens is 353 g/mol. The maximum absolute atomic E-state index is 10.6. The van der Waals surface area contributed by atoms with Crippen molar-refractivity contribution in [3.63, 3.8) is 0 Å². The molecule has 3 atom stereocenters. The minimum absolute atomic E-state index is 0.0493. The molecule has 2 N–H and O–H groups in total. The van der Waals surface area contributed by atoms with Gasteiger partial charge < -0.3 is 15.2 Å². The molecule has 0 saturated carbocycles. The van der Waals surface area contributed by atoms with E-state index >= 15 is 0 Å². The fourth-order valence-corrected chi connectivity index (χ4v) is 5.22. The van der Waals surface area contributed by atoms with Crippen molar-refractivity contribution in [2.24, 2.45) is 0 Å². The Morgan fingerprint density at radius 2 is 1.52 bits per heavy atom. The quantitative estimate of drug-likeness (QED) is 0.585. The number of aliphatic hydroxyl groups excluding tert-OH is 1. The Kier molecular flexibility index (Phi) is 7.00. The predicted molar refractivity (Wildman–Crippen MR) is 114 cm³/mol. The van der Waals surface area contributed by atoms with Gasteiger partial charge in [-0.1, -0.05) is 72.8 Å². The highest BCUT2D eigenvalue weighted by molar-refractivity contribution is 7.72. The van der Waals surface area contributed by atoms with E-state index in [4.69, 9.17) is 4.74 Å². The van der Waals surface area contributed by atoms with Crippen molar-refractivity contribution in [2.75, 3.05) is 13.4 Å². The van der Waals surface area contributed by atoms with Crippen molar-refractivity contribution in [2.45, 2.75) is 19.1 Å². The summed E-state index contributed by atoms with van der Waals surface area (Å²) >= 11 is 0. The third-order valence-electron chi connectivity index (χ3n) is 4.62. The molecule has 0 aliphatic rings. The van der Waals surface area contributed by atoms with E-state index in [0.717, 1.165) is 17.6 Å². The minimum atomic E-state index is -0.601.